The van der Waals surface area contributed by atoms with Gasteiger partial charge < -0.3 is 0 Å². The van der Waals surface area contributed by atoms with Gasteiger partial charge in [-0.25, -0.2) is 8.78 Å². The first-order valence-electron chi connectivity index (χ1n) is 6.85. The summed E-state index contributed by atoms with van der Waals surface area (Å²) < 4.78 is 30.2. The molecule has 18 heavy (non-hydrogen) atoms. The predicted molar refractivity (Wildman–Crippen MR) is 62.7 cm³/mol. The Balaban J connectivity index is 1.75. The maximum atomic E-state index is 15.1. The van der Waals surface area contributed by atoms with Gasteiger partial charge >= 0.3 is 0 Å². The molecule has 0 bridgehead atoms. The number of allylic oxidation sites excluding steroid dienone is 2. The fourth-order valence-electron chi connectivity index (χ4n) is 6.23. The Morgan fingerprint density at radius 1 is 0.778 bits per heavy atom. The zero-order valence-electron chi connectivity index (χ0n) is 9.68. The van der Waals surface area contributed by atoms with E-state index in [9.17, 15) is 0 Å². The molecule has 0 radical (unpaired) electrons. The van der Waals surface area contributed by atoms with Crippen LogP contribution in [0.1, 0.15) is 23.0 Å². The summed E-state index contributed by atoms with van der Waals surface area (Å²) in [6, 6.07) is 7.97. The highest BCUT2D eigenvalue weighted by atomic mass is 19.1. The van der Waals surface area contributed by atoms with Crippen molar-refractivity contribution >= 4 is 0 Å². The van der Waals surface area contributed by atoms with E-state index in [1.807, 2.05) is 24.3 Å². The van der Waals surface area contributed by atoms with Gasteiger partial charge in [-0.1, -0.05) is 24.3 Å². The van der Waals surface area contributed by atoms with E-state index < -0.39 is 11.3 Å². The fraction of sp³-hybridized carbons (Fsp3) is 0.500. The smallest absolute Gasteiger partial charge is 0.139 e. The molecule has 5 aliphatic carbocycles. The largest absolute Gasteiger partial charge is 0.238 e. The van der Waals surface area contributed by atoms with E-state index in [2.05, 4.69) is 0 Å². The Labute approximate surface area is 104 Å². The van der Waals surface area contributed by atoms with Crippen LogP contribution in [0, 0.1) is 23.7 Å². The van der Waals surface area contributed by atoms with Crippen LogP contribution in [-0.2, 0) is 0 Å². The maximum Gasteiger partial charge on any atom is 0.139 e. The van der Waals surface area contributed by atoms with Crippen LogP contribution < -0.4 is 0 Å². The highest BCUT2D eigenvalue weighted by molar-refractivity contribution is 5.59. The Morgan fingerprint density at radius 3 is 1.67 bits per heavy atom. The topological polar surface area (TPSA) is 0 Å². The zero-order chi connectivity index (χ0) is 11.9. The Morgan fingerprint density at radius 2 is 1.22 bits per heavy atom. The number of rotatable bonds is 0. The van der Waals surface area contributed by atoms with Gasteiger partial charge in [-0.05, 0) is 35.1 Å². The summed E-state index contributed by atoms with van der Waals surface area (Å²) in [6.45, 7) is 0. The SMILES string of the molecule is F[C@]12C=C[C@]3(F)[C@H]4[C@@H]5[C@H]([C@H]41)[C@H]2c1ccccc1[C@@H]53. The Kier molecular flexibility index (Phi) is 1.02. The van der Waals surface area contributed by atoms with Crippen LogP contribution in [0.5, 0.6) is 0 Å². The van der Waals surface area contributed by atoms with Gasteiger partial charge in [-0.3, -0.25) is 0 Å². The zero-order valence-corrected chi connectivity index (χ0v) is 9.68. The van der Waals surface area contributed by atoms with Crippen LogP contribution in [0.2, 0.25) is 0 Å². The lowest BCUT2D eigenvalue weighted by Gasteiger charge is -2.84. The monoisotopic (exact) mass is 242 g/mol. The second kappa shape index (κ2) is 2.09. The van der Waals surface area contributed by atoms with E-state index in [0.717, 1.165) is 11.1 Å². The number of halogens is 2. The van der Waals surface area contributed by atoms with Gasteiger partial charge in [0.05, 0.1) is 0 Å². The first kappa shape index (κ1) is 8.84. The molecule has 0 unspecified atom stereocenters. The fourth-order valence-corrected chi connectivity index (χ4v) is 6.23. The van der Waals surface area contributed by atoms with Crippen molar-refractivity contribution in [1.29, 1.82) is 0 Å². The van der Waals surface area contributed by atoms with Gasteiger partial charge in [0.1, 0.15) is 11.3 Å². The van der Waals surface area contributed by atoms with E-state index in [1.165, 1.54) is 0 Å². The average molecular weight is 242 g/mol. The second-order valence-electron chi connectivity index (χ2n) is 6.78. The highest BCUT2D eigenvalue weighted by Gasteiger charge is 2.89. The van der Waals surface area contributed by atoms with Gasteiger partial charge in [-0.2, -0.15) is 0 Å². The molecule has 0 aromatic heterocycles. The number of benzene rings is 1. The average Bonchev–Trinajstić information content (AvgIpc) is 2.33. The molecule has 0 saturated heterocycles. The van der Waals surface area contributed by atoms with E-state index >= 15 is 8.78 Å². The lowest BCUT2D eigenvalue weighted by molar-refractivity contribution is -0.338. The van der Waals surface area contributed by atoms with Crippen LogP contribution in [-0.4, -0.2) is 11.3 Å². The molecule has 90 valence electrons. The molecule has 0 N–H and O–H groups in total. The van der Waals surface area contributed by atoms with Crippen LogP contribution in [0.15, 0.2) is 36.4 Å². The molecule has 3 saturated carbocycles. The van der Waals surface area contributed by atoms with E-state index in [-0.39, 0.29) is 23.7 Å². The van der Waals surface area contributed by atoms with Crippen molar-refractivity contribution in [1.82, 2.24) is 0 Å². The van der Waals surface area contributed by atoms with Crippen molar-refractivity contribution in [3.8, 4) is 0 Å². The van der Waals surface area contributed by atoms with Crippen LogP contribution in [0.3, 0.4) is 0 Å². The van der Waals surface area contributed by atoms with Gasteiger partial charge in [0.2, 0.25) is 0 Å². The van der Waals surface area contributed by atoms with Crippen molar-refractivity contribution in [3.63, 3.8) is 0 Å². The van der Waals surface area contributed by atoms with E-state index in [1.54, 1.807) is 12.2 Å². The third kappa shape index (κ3) is 0.534. The summed E-state index contributed by atoms with van der Waals surface area (Å²) in [7, 11) is 0. The molecule has 0 spiro atoms. The molecule has 2 heteroatoms. The van der Waals surface area contributed by atoms with Crippen LogP contribution >= 0.6 is 0 Å². The molecule has 0 amide bonds. The van der Waals surface area contributed by atoms with Gasteiger partial charge in [0.25, 0.3) is 0 Å². The minimum atomic E-state index is -1.25. The van der Waals surface area contributed by atoms with Crippen molar-refractivity contribution in [2.24, 2.45) is 23.7 Å². The first-order valence-corrected chi connectivity index (χ1v) is 6.85. The molecule has 6 rings (SSSR count). The number of hydrogen-bond donors (Lipinski definition) is 0. The second-order valence-corrected chi connectivity index (χ2v) is 6.78. The summed E-state index contributed by atoms with van der Waals surface area (Å²) >= 11 is 0. The van der Waals surface area contributed by atoms with Gasteiger partial charge in [0.15, 0.2) is 0 Å². The van der Waals surface area contributed by atoms with E-state index in [4.69, 9.17) is 0 Å². The summed E-state index contributed by atoms with van der Waals surface area (Å²) in [6.07, 6.45) is 3.13. The summed E-state index contributed by atoms with van der Waals surface area (Å²) in [5.74, 6) is 0.830. The van der Waals surface area contributed by atoms with Gasteiger partial charge in [-0.15, -0.1) is 0 Å². The normalized spacial score (nSPS) is 63.2. The molecule has 0 heterocycles. The predicted octanol–water partition coefficient (Wildman–Crippen LogP) is 3.36. The summed E-state index contributed by atoms with van der Waals surface area (Å²) in [4.78, 5) is 0. The van der Waals surface area contributed by atoms with Crippen molar-refractivity contribution in [2.75, 3.05) is 0 Å². The van der Waals surface area contributed by atoms with Crippen molar-refractivity contribution < 1.29 is 8.78 Å². The number of alkyl halides is 2. The number of fused-ring (bicyclic) bond motifs is 5. The van der Waals surface area contributed by atoms with Gasteiger partial charge in [0, 0.05) is 23.7 Å². The lowest BCUT2D eigenvalue weighted by atomic mass is 9.20. The summed E-state index contributed by atoms with van der Waals surface area (Å²) in [5.41, 5.74) is -0.315. The minimum Gasteiger partial charge on any atom is -0.238 e. The Hall–Kier alpha value is -1.18. The summed E-state index contributed by atoms with van der Waals surface area (Å²) in [5, 5.41) is 0. The lowest BCUT2D eigenvalue weighted by Crippen LogP contribution is -2.86. The van der Waals surface area contributed by atoms with Crippen LogP contribution in [0.25, 0.3) is 0 Å². The maximum absolute atomic E-state index is 15.1. The molecule has 1 aromatic carbocycles. The number of hydrogen-bond acceptors (Lipinski definition) is 0. The molecular formula is C16H12F2. The third-order valence-corrected chi connectivity index (χ3v) is 6.67. The van der Waals surface area contributed by atoms with Crippen molar-refractivity contribution in [3.05, 3.63) is 47.5 Å². The van der Waals surface area contributed by atoms with Crippen LogP contribution in [0.4, 0.5) is 8.78 Å². The third-order valence-electron chi connectivity index (χ3n) is 6.67. The van der Waals surface area contributed by atoms with E-state index in [0.29, 0.717) is 11.8 Å². The standard InChI is InChI=1S/C16H12F2/c17-15-5-6-16(18)12-8-4-2-1-3-7(8)11(15)9-10(12)14(16)13(9)15/h1-6,9-14H/t9-,10+,11+,12-,13+,14-,15-,16+. The highest BCUT2D eigenvalue weighted by Crippen LogP contribution is 2.88. The van der Waals surface area contributed by atoms with Crippen molar-refractivity contribution in [2.45, 2.75) is 23.2 Å². The molecule has 3 fully saturated rings. The quantitative estimate of drug-likeness (QED) is 0.612. The molecule has 8 atom stereocenters. The molecule has 0 nitrogen and oxygen atoms in total. The molecule has 0 aliphatic heterocycles. The minimum absolute atomic E-state index is 0.0114. The Bertz CT molecular complexity index is 595. The molecule has 5 aliphatic rings. The first-order chi connectivity index (χ1) is 8.68. The molecule has 1 aromatic rings. The molecular weight excluding hydrogens is 230 g/mol.